The van der Waals surface area contributed by atoms with Gasteiger partial charge in [-0.25, -0.2) is 4.39 Å². The third-order valence-electron chi connectivity index (χ3n) is 3.61. The molecule has 0 aromatic heterocycles. The van der Waals surface area contributed by atoms with Crippen LogP contribution in [0.25, 0.3) is 0 Å². The van der Waals surface area contributed by atoms with Gasteiger partial charge in [-0.15, -0.1) is 0 Å². The van der Waals surface area contributed by atoms with Gasteiger partial charge in [0.1, 0.15) is 11.6 Å². The molecule has 2 rings (SSSR count). The average Bonchev–Trinajstić information content (AvgIpc) is 2.33. The number of halogens is 2. The molecule has 1 aliphatic rings. The van der Waals surface area contributed by atoms with Crippen molar-refractivity contribution in [3.8, 4) is 0 Å². The highest BCUT2D eigenvalue weighted by Gasteiger charge is 2.24. The molecule has 0 saturated heterocycles. The SMILES string of the molecule is NC1CCC(C(=O)Cc2ccc(F)cc2Cl)CC1. The zero-order valence-corrected chi connectivity index (χ0v) is 10.9. The topological polar surface area (TPSA) is 43.1 Å². The van der Waals surface area contributed by atoms with E-state index in [0.717, 1.165) is 25.7 Å². The van der Waals surface area contributed by atoms with Crippen molar-refractivity contribution in [3.63, 3.8) is 0 Å². The summed E-state index contributed by atoms with van der Waals surface area (Å²) in [4.78, 5) is 12.1. The Kier molecular flexibility index (Phi) is 4.36. The Balaban J connectivity index is 1.98. The first-order valence-corrected chi connectivity index (χ1v) is 6.66. The molecule has 0 aliphatic heterocycles. The van der Waals surface area contributed by atoms with Crippen molar-refractivity contribution in [1.29, 1.82) is 0 Å². The Bertz CT molecular complexity index is 441. The van der Waals surface area contributed by atoms with E-state index in [1.54, 1.807) is 6.07 Å². The number of nitrogens with two attached hydrogens (primary N) is 1. The third kappa shape index (κ3) is 3.30. The lowest BCUT2D eigenvalue weighted by molar-refractivity contribution is -0.123. The number of hydrogen-bond acceptors (Lipinski definition) is 2. The maximum Gasteiger partial charge on any atom is 0.140 e. The standard InChI is InChI=1S/C14H17ClFNO/c15-13-8-11(16)4-1-10(13)7-14(18)9-2-5-12(17)6-3-9/h1,4,8-9,12H,2-3,5-7,17H2. The Hall–Kier alpha value is -0.930. The summed E-state index contributed by atoms with van der Waals surface area (Å²) in [6.07, 6.45) is 3.83. The second-order valence-corrected chi connectivity index (χ2v) is 5.40. The molecule has 1 aromatic rings. The molecule has 1 aliphatic carbocycles. The fourth-order valence-corrected chi connectivity index (χ4v) is 2.67. The second-order valence-electron chi connectivity index (χ2n) is 4.99. The molecule has 0 spiro atoms. The maximum absolute atomic E-state index is 12.9. The molecule has 1 saturated carbocycles. The van der Waals surface area contributed by atoms with E-state index >= 15 is 0 Å². The van der Waals surface area contributed by atoms with Gasteiger partial charge in [0.25, 0.3) is 0 Å². The molecular formula is C14H17ClFNO. The molecule has 0 atom stereocenters. The van der Waals surface area contributed by atoms with Gasteiger partial charge in [-0.05, 0) is 43.4 Å². The van der Waals surface area contributed by atoms with Crippen molar-refractivity contribution in [1.82, 2.24) is 0 Å². The summed E-state index contributed by atoms with van der Waals surface area (Å²) < 4.78 is 12.9. The molecule has 98 valence electrons. The maximum atomic E-state index is 12.9. The summed E-state index contributed by atoms with van der Waals surface area (Å²) in [5.74, 6) is -0.0961. The van der Waals surface area contributed by atoms with E-state index in [2.05, 4.69) is 0 Å². The van der Waals surface area contributed by atoms with Crippen molar-refractivity contribution in [2.75, 3.05) is 0 Å². The molecule has 1 aromatic carbocycles. The number of Topliss-reactive ketones (excluding diaryl/α,β-unsaturated/α-hetero) is 1. The first-order valence-electron chi connectivity index (χ1n) is 6.28. The zero-order valence-electron chi connectivity index (χ0n) is 10.2. The van der Waals surface area contributed by atoms with Gasteiger partial charge in [-0.3, -0.25) is 4.79 Å². The van der Waals surface area contributed by atoms with E-state index in [1.165, 1.54) is 12.1 Å². The van der Waals surface area contributed by atoms with Crippen LogP contribution in [-0.2, 0) is 11.2 Å². The van der Waals surface area contributed by atoms with Gasteiger partial charge in [0.2, 0.25) is 0 Å². The lowest BCUT2D eigenvalue weighted by Crippen LogP contribution is -2.30. The lowest BCUT2D eigenvalue weighted by atomic mass is 9.82. The average molecular weight is 270 g/mol. The van der Waals surface area contributed by atoms with Crippen molar-refractivity contribution < 1.29 is 9.18 Å². The van der Waals surface area contributed by atoms with Crippen LogP contribution in [0.15, 0.2) is 18.2 Å². The van der Waals surface area contributed by atoms with Crippen molar-refractivity contribution in [2.24, 2.45) is 11.7 Å². The molecule has 18 heavy (non-hydrogen) atoms. The van der Waals surface area contributed by atoms with Crippen LogP contribution in [0.5, 0.6) is 0 Å². The first kappa shape index (κ1) is 13.5. The van der Waals surface area contributed by atoms with Crippen LogP contribution >= 0.6 is 11.6 Å². The van der Waals surface area contributed by atoms with Crippen LogP contribution in [0.1, 0.15) is 31.2 Å². The molecule has 1 fully saturated rings. The number of ketones is 1. The van der Waals surface area contributed by atoms with Gasteiger partial charge in [0.05, 0.1) is 0 Å². The summed E-state index contributed by atoms with van der Waals surface area (Å²) in [7, 11) is 0. The lowest BCUT2D eigenvalue weighted by Gasteiger charge is -2.25. The molecule has 0 unspecified atom stereocenters. The molecule has 4 heteroatoms. The monoisotopic (exact) mass is 269 g/mol. The van der Waals surface area contributed by atoms with Gasteiger partial charge < -0.3 is 5.73 Å². The Labute approximate surface area is 111 Å². The van der Waals surface area contributed by atoms with Crippen LogP contribution in [-0.4, -0.2) is 11.8 Å². The first-order chi connectivity index (χ1) is 8.56. The summed E-state index contributed by atoms with van der Waals surface area (Å²) in [6.45, 7) is 0. The molecule has 0 heterocycles. The highest BCUT2D eigenvalue weighted by Crippen LogP contribution is 2.26. The van der Waals surface area contributed by atoms with Crippen molar-refractivity contribution >= 4 is 17.4 Å². The Morgan fingerprint density at radius 3 is 2.61 bits per heavy atom. The number of benzene rings is 1. The minimum absolute atomic E-state index is 0.0888. The van der Waals surface area contributed by atoms with Crippen LogP contribution in [0.4, 0.5) is 4.39 Å². The zero-order chi connectivity index (χ0) is 13.1. The molecule has 2 nitrogen and oxygen atoms in total. The van der Waals surface area contributed by atoms with Crippen LogP contribution in [0, 0.1) is 11.7 Å². The van der Waals surface area contributed by atoms with Gasteiger partial charge in [-0.1, -0.05) is 17.7 Å². The highest BCUT2D eigenvalue weighted by atomic mass is 35.5. The van der Waals surface area contributed by atoms with Gasteiger partial charge in [0.15, 0.2) is 0 Å². The Morgan fingerprint density at radius 1 is 1.33 bits per heavy atom. The van der Waals surface area contributed by atoms with Crippen LogP contribution in [0.3, 0.4) is 0 Å². The van der Waals surface area contributed by atoms with Gasteiger partial charge >= 0.3 is 0 Å². The van der Waals surface area contributed by atoms with E-state index < -0.39 is 0 Å². The fraction of sp³-hybridized carbons (Fsp3) is 0.500. The van der Waals surface area contributed by atoms with Gasteiger partial charge in [-0.2, -0.15) is 0 Å². The summed E-state index contributed by atoms with van der Waals surface area (Å²) in [5, 5.41) is 0.330. The number of hydrogen-bond donors (Lipinski definition) is 1. The van der Waals surface area contributed by atoms with Crippen LogP contribution < -0.4 is 5.73 Å². The van der Waals surface area contributed by atoms with E-state index in [0.29, 0.717) is 17.0 Å². The van der Waals surface area contributed by atoms with E-state index in [-0.39, 0.29) is 23.6 Å². The van der Waals surface area contributed by atoms with Crippen molar-refractivity contribution in [2.45, 2.75) is 38.1 Å². The predicted octanol–water partition coefficient (Wildman–Crippen LogP) is 3.11. The van der Waals surface area contributed by atoms with Crippen LogP contribution in [0.2, 0.25) is 5.02 Å². The summed E-state index contributed by atoms with van der Waals surface area (Å²) in [6, 6.07) is 4.42. The molecule has 2 N–H and O–H groups in total. The molecule has 0 bridgehead atoms. The number of carbonyl (C=O) groups excluding carboxylic acids is 1. The van der Waals surface area contributed by atoms with E-state index in [9.17, 15) is 9.18 Å². The fourth-order valence-electron chi connectivity index (χ4n) is 2.44. The summed E-state index contributed by atoms with van der Waals surface area (Å²) >= 11 is 5.92. The normalized spacial score (nSPS) is 23.9. The molecule has 0 radical (unpaired) electrons. The summed E-state index contributed by atoms with van der Waals surface area (Å²) in [5.41, 5.74) is 6.52. The largest absolute Gasteiger partial charge is 0.328 e. The number of carbonyl (C=O) groups is 1. The number of rotatable bonds is 3. The second kappa shape index (κ2) is 5.81. The van der Waals surface area contributed by atoms with Gasteiger partial charge in [0, 0.05) is 23.4 Å². The predicted molar refractivity (Wildman–Crippen MR) is 70.1 cm³/mol. The van der Waals surface area contributed by atoms with Crippen molar-refractivity contribution in [3.05, 3.63) is 34.6 Å². The minimum atomic E-state index is -0.375. The molecular weight excluding hydrogens is 253 g/mol. The van der Waals surface area contributed by atoms with E-state index in [4.69, 9.17) is 17.3 Å². The Morgan fingerprint density at radius 2 is 2.00 bits per heavy atom. The highest BCUT2D eigenvalue weighted by molar-refractivity contribution is 6.31. The third-order valence-corrected chi connectivity index (χ3v) is 3.96. The molecule has 0 amide bonds. The smallest absolute Gasteiger partial charge is 0.140 e. The minimum Gasteiger partial charge on any atom is -0.328 e. The quantitative estimate of drug-likeness (QED) is 0.916. The van der Waals surface area contributed by atoms with E-state index in [1.807, 2.05) is 0 Å².